The maximum atomic E-state index is 10.6. The van der Waals surface area contributed by atoms with Crippen LogP contribution in [0.2, 0.25) is 0 Å². The fourth-order valence-electron chi connectivity index (χ4n) is 0.462. The predicted molar refractivity (Wildman–Crippen MR) is 39.2 cm³/mol. The molecule has 0 radical (unpaired) electrons. The Morgan fingerprint density at radius 2 is 2.60 bits per heavy atom. The van der Waals surface area contributed by atoms with Gasteiger partial charge in [0.05, 0.1) is 0 Å². The number of hydrogen-bond donors (Lipinski definition) is 0. The SMILES string of the molecule is C=CC(=O)Oc1ccc[se]1. The van der Waals surface area contributed by atoms with Gasteiger partial charge in [-0.15, -0.1) is 0 Å². The van der Waals surface area contributed by atoms with E-state index in [4.69, 9.17) is 4.74 Å². The van der Waals surface area contributed by atoms with E-state index in [0.29, 0.717) is 0 Å². The van der Waals surface area contributed by atoms with E-state index < -0.39 is 0 Å². The van der Waals surface area contributed by atoms with Gasteiger partial charge in [-0.2, -0.15) is 0 Å². The van der Waals surface area contributed by atoms with Gasteiger partial charge in [0.15, 0.2) is 0 Å². The van der Waals surface area contributed by atoms with E-state index in [1.807, 2.05) is 11.0 Å². The number of ether oxygens (including phenoxy) is 1. The zero-order valence-corrected chi connectivity index (χ0v) is 6.95. The summed E-state index contributed by atoms with van der Waals surface area (Å²) in [4.78, 5) is 12.6. The molecule has 1 aromatic heterocycles. The van der Waals surface area contributed by atoms with Crippen molar-refractivity contribution in [2.24, 2.45) is 0 Å². The van der Waals surface area contributed by atoms with Crippen LogP contribution in [0, 0.1) is 0 Å². The van der Waals surface area contributed by atoms with Crippen molar-refractivity contribution >= 4 is 20.5 Å². The molecule has 3 heteroatoms. The summed E-state index contributed by atoms with van der Waals surface area (Å²) in [5.41, 5.74) is 0. The molecule has 0 fully saturated rings. The Kier molecular flexibility index (Phi) is 2.49. The molecule has 0 aliphatic rings. The van der Waals surface area contributed by atoms with Gasteiger partial charge in [-0.3, -0.25) is 0 Å². The molecule has 52 valence electrons. The van der Waals surface area contributed by atoms with Crippen molar-refractivity contribution in [3.8, 4) is 4.62 Å². The fourth-order valence-corrected chi connectivity index (χ4v) is 1.68. The van der Waals surface area contributed by atoms with Gasteiger partial charge in [-0.05, 0) is 0 Å². The van der Waals surface area contributed by atoms with Crippen LogP contribution in [-0.4, -0.2) is 20.5 Å². The van der Waals surface area contributed by atoms with Crippen LogP contribution < -0.4 is 4.74 Å². The molecule has 0 spiro atoms. The van der Waals surface area contributed by atoms with Crippen LogP contribution in [-0.2, 0) is 4.79 Å². The minimum absolute atomic E-state index is 0.207. The summed E-state index contributed by atoms with van der Waals surface area (Å²) in [6.07, 6.45) is 1.16. The average Bonchev–Trinajstić information content (AvgIpc) is 2.40. The molecule has 0 atom stereocenters. The Balaban J connectivity index is 2.56. The van der Waals surface area contributed by atoms with E-state index in [1.54, 1.807) is 6.07 Å². The Bertz CT molecular complexity index is 226. The summed E-state index contributed by atoms with van der Waals surface area (Å²) >= 11 is 0.207. The summed E-state index contributed by atoms with van der Waals surface area (Å²) in [6.45, 7) is 3.29. The Morgan fingerprint density at radius 3 is 3.10 bits per heavy atom. The minimum atomic E-state index is -0.378. The second-order valence-electron chi connectivity index (χ2n) is 1.56. The van der Waals surface area contributed by atoms with Gasteiger partial charge in [-0.25, -0.2) is 0 Å². The van der Waals surface area contributed by atoms with Crippen molar-refractivity contribution in [1.82, 2.24) is 0 Å². The van der Waals surface area contributed by atoms with Gasteiger partial charge >= 0.3 is 64.4 Å². The number of esters is 1. The normalized spacial score (nSPS) is 8.80. The van der Waals surface area contributed by atoms with Crippen LogP contribution in [0.15, 0.2) is 29.7 Å². The molecule has 10 heavy (non-hydrogen) atoms. The number of carbonyl (C=O) groups is 1. The third-order valence-corrected chi connectivity index (χ3v) is 2.43. The van der Waals surface area contributed by atoms with Crippen molar-refractivity contribution in [3.05, 3.63) is 29.7 Å². The van der Waals surface area contributed by atoms with E-state index in [2.05, 4.69) is 6.58 Å². The first-order chi connectivity index (χ1) is 4.83. The number of carbonyl (C=O) groups excluding carboxylic acids is 1. The molecule has 0 aromatic carbocycles. The quantitative estimate of drug-likeness (QED) is 0.402. The molecule has 0 unspecified atom stereocenters. The molecule has 0 aliphatic heterocycles. The molecule has 0 saturated carbocycles. The van der Waals surface area contributed by atoms with E-state index in [9.17, 15) is 4.79 Å². The summed E-state index contributed by atoms with van der Waals surface area (Å²) in [5.74, 6) is -0.378. The molecular formula is C7H6O2Se. The average molecular weight is 201 g/mol. The predicted octanol–water partition coefficient (Wildman–Crippen LogP) is 0.835. The molecule has 1 rings (SSSR count). The van der Waals surface area contributed by atoms with E-state index >= 15 is 0 Å². The molecule has 1 heterocycles. The maximum absolute atomic E-state index is 10.6. The van der Waals surface area contributed by atoms with Crippen LogP contribution in [0.3, 0.4) is 0 Å². The molecule has 0 N–H and O–H groups in total. The van der Waals surface area contributed by atoms with Crippen molar-refractivity contribution < 1.29 is 9.53 Å². The second kappa shape index (κ2) is 3.40. The monoisotopic (exact) mass is 202 g/mol. The zero-order chi connectivity index (χ0) is 7.40. The standard InChI is InChI=1S/C7H6O2Se/c1-2-6(8)9-7-4-3-5-10-7/h2-5H,1H2. The van der Waals surface area contributed by atoms with Gasteiger partial charge in [0.1, 0.15) is 0 Å². The third-order valence-electron chi connectivity index (χ3n) is 0.863. The van der Waals surface area contributed by atoms with E-state index in [1.165, 1.54) is 0 Å². The molecular weight excluding hydrogens is 195 g/mol. The van der Waals surface area contributed by atoms with Gasteiger partial charge < -0.3 is 0 Å². The number of rotatable bonds is 2. The first-order valence-corrected chi connectivity index (χ1v) is 4.55. The van der Waals surface area contributed by atoms with Gasteiger partial charge in [-0.1, -0.05) is 0 Å². The Hall–Kier alpha value is -0.791. The molecule has 1 aromatic rings. The summed E-state index contributed by atoms with van der Waals surface area (Å²) in [6, 6.07) is 3.67. The number of hydrogen-bond acceptors (Lipinski definition) is 2. The Labute approximate surface area is 64.9 Å². The molecule has 0 amide bonds. The molecule has 0 bridgehead atoms. The first-order valence-electron chi connectivity index (χ1n) is 2.70. The fraction of sp³-hybridized carbons (Fsp3) is 0. The summed E-state index contributed by atoms with van der Waals surface area (Å²) in [7, 11) is 0. The summed E-state index contributed by atoms with van der Waals surface area (Å²) in [5, 5.41) is 0. The van der Waals surface area contributed by atoms with E-state index in [-0.39, 0.29) is 20.5 Å². The van der Waals surface area contributed by atoms with Crippen molar-refractivity contribution in [2.75, 3.05) is 0 Å². The first kappa shape index (κ1) is 7.32. The molecule has 0 aliphatic carbocycles. The summed E-state index contributed by atoms with van der Waals surface area (Å²) < 4.78 is 5.58. The van der Waals surface area contributed by atoms with E-state index in [0.717, 1.165) is 10.7 Å². The zero-order valence-electron chi connectivity index (χ0n) is 5.24. The van der Waals surface area contributed by atoms with Gasteiger partial charge in [0.25, 0.3) is 0 Å². The van der Waals surface area contributed by atoms with Gasteiger partial charge in [0.2, 0.25) is 0 Å². The molecule has 0 saturated heterocycles. The van der Waals surface area contributed by atoms with Crippen LogP contribution in [0.5, 0.6) is 4.62 Å². The van der Waals surface area contributed by atoms with Gasteiger partial charge in [0, 0.05) is 0 Å². The molecule has 2 nitrogen and oxygen atoms in total. The Morgan fingerprint density at radius 1 is 1.80 bits per heavy atom. The van der Waals surface area contributed by atoms with Crippen molar-refractivity contribution in [2.45, 2.75) is 0 Å². The topological polar surface area (TPSA) is 26.3 Å². The van der Waals surface area contributed by atoms with Crippen molar-refractivity contribution in [3.63, 3.8) is 0 Å². The third kappa shape index (κ3) is 1.86. The van der Waals surface area contributed by atoms with Crippen LogP contribution in [0.4, 0.5) is 0 Å². The van der Waals surface area contributed by atoms with Crippen LogP contribution in [0.25, 0.3) is 0 Å². The van der Waals surface area contributed by atoms with Crippen LogP contribution >= 0.6 is 0 Å². The second-order valence-corrected chi connectivity index (χ2v) is 3.47. The van der Waals surface area contributed by atoms with Crippen LogP contribution in [0.1, 0.15) is 0 Å². The van der Waals surface area contributed by atoms with Crippen molar-refractivity contribution in [1.29, 1.82) is 0 Å².